The van der Waals surface area contributed by atoms with Crippen LogP contribution in [-0.4, -0.2) is 4.92 Å². The van der Waals surface area contributed by atoms with Gasteiger partial charge < -0.3 is 5.32 Å². The summed E-state index contributed by atoms with van der Waals surface area (Å²) in [7, 11) is 0. The van der Waals surface area contributed by atoms with Crippen LogP contribution in [0.2, 0.25) is 0 Å². The van der Waals surface area contributed by atoms with E-state index in [1.54, 1.807) is 6.07 Å². The third kappa shape index (κ3) is 3.88. The highest BCUT2D eigenvalue weighted by molar-refractivity contribution is 9.10. The quantitative estimate of drug-likeness (QED) is 0.658. The number of nitrogens with one attached hydrogen (secondary N) is 1. The average Bonchev–Trinajstić information content (AvgIpc) is 2.45. The Morgan fingerprint density at radius 3 is 2.60 bits per heavy atom. The van der Waals surface area contributed by atoms with Crippen molar-refractivity contribution in [3.8, 4) is 0 Å². The minimum Gasteiger partial charge on any atom is -0.306 e. The number of benzene rings is 2. The third-order valence-corrected chi connectivity index (χ3v) is 3.52. The Bertz CT molecular complexity index is 602. The zero-order valence-corrected chi connectivity index (χ0v) is 12.6. The summed E-state index contributed by atoms with van der Waals surface area (Å²) in [6.07, 6.45) is 0. The van der Waals surface area contributed by atoms with Gasteiger partial charge in [0.1, 0.15) is 0 Å². The van der Waals surface area contributed by atoms with Crippen molar-refractivity contribution >= 4 is 21.6 Å². The van der Waals surface area contributed by atoms with Crippen molar-refractivity contribution in [2.75, 3.05) is 0 Å². The minimum atomic E-state index is -0.380. The van der Waals surface area contributed by atoms with E-state index in [4.69, 9.17) is 0 Å². The molecule has 1 N–H and O–H groups in total. The summed E-state index contributed by atoms with van der Waals surface area (Å²) in [6, 6.07) is 15.3. The molecule has 104 valence electrons. The number of nitro groups is 1. The van der Waals surface area contributed by atoms with E-state index in [0.717, 1.165) is 10.0 Å². The lowest BCUT2D eigenvalue weighted by Gasteiger charge is -2.14. The van der Waals surface area contributed by atoms with Gasteiger partial charge in [0.2, 0.25) is 0 Å². The molecule has 0 aliphatic heterocycles. The van der Waals surface area contributed by atoms with Gasteiger partial charge in [0.05, 0.1) is 4.92 Å². The van der Waals surface area contributed by atoms with Crippen LogP contribution in [0, 0.1) is 10.1 Å². The third-order valence-electron chi connectivity index (χ3n) is 3.07. The fourth-order valence-electron chi connectivity index (χ4n) is 1.97. The van der Waals surface area contributed by atoms with Crippen LogP contribution in [0.15, 0.2) is 53.0 Å². The molecule has 0 fully saturated rings. The van der Waals surface area contributed by atoms with Crippen molar-refractivity contribution < 1.29 is 4.92 Å². The molecule has 1 unspecified atom stereocenters. The number of nitrogens with zero attached hydrogens (tertiary/aromatic N) is 1. The number of non-ortho nitro benzene ring substituents is 1. The number of nitro benzene ring substituents is 1. The lowest BCUT2D eigenvalue weighted by molar-refractivity contribution is -0.385. The zero-order valence-electron chi connectivity index (χ0n) is 11.0. The molecular weight excluding hydrogens is 320 g/mol. The zero-order chi connectivity index (χ0) is 14.5. The standard InChI is InChI=1S/C15H15BrN2O2/c1-11(13-5-3-2-4-6-13)17-10-12-7-14(16)9-15(8-12)18(19)20/h2-9,11,17H,10H2,1H3. The topological polar surface area (TPSA) is 55.2 Å². The Labute approximate surface area is 126 Å². The van der Waals surface area contributed by atoms with Gasteiger partial charge in [-0.25, -0.2) is 0 Å². The maximum atomic E-state index is 10.8. The Kier molecular flexibility index (Phi) is 4.87. The molecule has 0 saturated carbocycles. The predicted octanol–water partition coefficient (Wildman–Crippen LogP) is 4.21. The van der Waals surface area contributed by atoms with Crippen molar-refractivity contribution in [1.82, 2.24) is 5.32 Å². The largest absolute Gasteiger partial charge is 0.306 e. The normalized spacial score (nSPS) is 12.1. The van der Waals surface area contributed by atoms with Crippen LogP contribution in [0.4, 0.5) is 5.69 Å². The summed E-state index contributed by atoms with van der Waals surface area (Å²) < 4.78 is 0.718. The Balaban J connectivity index is 2.06. The highest BCUT2D eigenvalue weighted by Crippen LogP contribution is 2.22. The summed E-state index contributed by atoms with van der Waals surface area (Å²) in [4.78, 5) is 10.4. The molecule has 20 heavy (non-hydrogen) atoms. The van der Waals surface area contributed by atoms with Gasteiger partial charge in [0, 0.05) is 29.2 Å². The second kappa shape index (κ2) is 6.63. The second-order valence-corrected chi connectivity index (χ2v) is 5.50. The van der Waals surface area contributed by atoms with E-state index in [1.165, 1.54) is 11.6 Å². The van der Waals surface area contributed by atoms with Gasteiger partial charge in [-0.15, -0.1) is 0 Å². The number of rotatable bonds is 5. The molecule has 0 radical (unpaired) electrons. The molecule has 0 amide bonds. The van der Waals surface area contributed by atoms with E-state index < -0.39 is 0 Å². The van der Waals surface area contributed by atoms with Gasteiger partial charge in [0.15, 0.2) is 0 Å². The Morgan fingerprint density at radius 2 is 1.95 bits per heavy atom. The number of hydrogen-bond donors (Lipinski definition) is 1. The van der Waals surface area contributed by atoms with Crippen molar-refractivity contribution in [3.63, 3.8) is 0 Å². The molecular formula is C15H15BrN2O2. The smallest absolute Gasteiger partial charge is 0.270 e. The summed E-state index contributed by atoms with van der Waals surface area (Å²) >= 11 is 3.30. The van der Waals surface area contributed by atoms with Gasteiger partial charge in [-0.05, 0) is 24.1 Å². The van der Waals surface area contributed by atoms with E-state index in [-0.39, 0.29) is 16.7 Å². The summed E-state index contributed by atoms with van der Waals surface area (Å²) in [5.41, 5.74) is 2.18. The fraction of sp³-hybridized carbons (Fsp3) is 0.200. The molecule has 0 aliphatic rings. The average molecular weight is 335 g/mol. The molecule has 0 bridgehead atoms. The van der Waals surface area contributed by atoms with E-state index in [2.05, 4.69) is 40.3 Å². The monoisotopic (exact) mass is 334 g/mol. The van der Waals surface area contributed by atoms with Gasteiger partial charge in [0.25, 0.3) is 5.69 Å². The molecule has 2 aromatic rings. The van der Waals surface area contributed by atoms with Crippen LogP contribution in [0.1, 0.15) is 24.1 Å². The maximum absolute atomic E-state index is 10.8. The molecule has 0 aromatic heterocycles. The predicted molar refractivity (Wildman–Crippen MR) is 82.5 cm³/mol. The van der Waals surface area contributed by atoms with E-state index in [9.17, 15) is 10.1 Å². The number of hydrogen-bond acceptors (Lipinski definition) is 3. The molecule has 0 saturated heterocycles. The van der Waals surface area contributed by atoms with Gasteiger partial charge in [-0.3, -0.25) is 10.1 Å². The van der Waals surface area contributed by atoms with Crippen molar-refractivity contribution in [3.05, 3.63) is 74.2 Å². The highest BCUT2D eigenvalue weighted by Gasteiger charge is 2.10. The SMILES string of the molecule is CC(NCc1cc(Br)cc([N+](=O)[O-])c1)c1ccccc1. The van der Waals surface area contributed by atoms with Crippen LogP contribution < -0.4 is 5.32 Å². The molecule has 2 rings (SSSR count). The molecule has 2 aromatic carbocycles. The molecule has 4 nitrogen and oxygen atoms in total. The molecule has 0 heterocycles. The highest BCUT2D eigenvalue weighted by atomic mass is 79.9. The maximum Gasteiger partial charge on any atom is 0.270 e. The molecule has 0 aliphatic carbocycles. The van der Waals surface area contributed by atoms with Crippen LogP contribution in [0.3, 0.4) is 0 Å². The second-order valence-electron chi connectivity index (χ2n) is 4.59. The molecule has 1 atom stereocenters. The van der Waals surface area contributed by atoms with E-state index in [1.807, 2.05) is 24.3 Å². The van der Waals surface area contributed by atoms with Crippen LogP contribution >= 0.6 is 15.9 Å². The Hall–Kier alpha value is -1.72. The lowest BCUT2D eigenvalue weighted by Crippen LogP contribution is -2.18. The van der Waals surface area contributed by atoms with E-state index in [0.29, 0.717) is 6.54 Å². The van der Waals surface area contributed by atoms with Gasteiger partial charge in [-0.1, -0.05) is 46.3 Å². The fourth-order valence-corrected chi connectivity index (χ4v) is 2.50. The minimum absolute atomic E-state index is 0.100. The molecule has 5 heteroatoms. The van der Waals surface area contributed by atoms with Crippen molar-refractivity contribution in [2.45, 2.75) is 19.5 Å². The lowest BCUT2D eigenvalue weighted by atomic mass is 10.1. The van der Waals surface area contributed by atoms with Gasteiger partial charge in [-0.2, -0.15) is 0 Å². The van der Waals surface area contributed by atoms with Crippen LogP contribution in [0.25, 0.3) is 0 Å². The summed E-state index contributed by atoms with van der Waals surface area (Å²) in [5, 5.41) is 14.2. The first-order valence-electron chi connectivity index (χ1n) is 6.28. The van der Waals surface area contributed by atoms with Crippen molar-refractivity contribution in [1.29, 1.82) is 0 Å². The first kappa shape index (κ1) is 14.7. The first-order valence-corrected chi connectivity index (χ1v) is 7.08. The van der Waals surface area contributed by atoms with Gasteiger partial charge >= 0.3 is 0 Å². The molecule has 0 spiro atoms. The van der Waals surface area contributed by atoms with Crippen molar-refractivity contribution in [2.24, 2.45) is 0 Å². The first-order chi connectivity index (χ1) is 9.56. The van der Waals surface area contributed by atoms with Crippen LogP contribution in [-0.2, 0) is 6.54 Å². The Morgan fingerprint density at radius 1 is 1.25 bits per heavy atom. The van der Waals surface area contributed by atoms with Crippen LogP contribution in [0.5, 0.6) is 0 Å². The summed E-state index contributed by atoms with van der Waals surface area (Å²) in [5.74, 6) is 0. The summed E-state index contributed by atoms with van der Waals surface area (Å²) in [6.45, 7) is 2.65. The van der Waals surface area contributed by atoms with E-state index >= 15 is 0 Å². The number of halogens is 1.